The van der Waals surface area contributed by atoms with Crippen LogP contribution in [0, 0.1) is 0 Å². The van der Waals surface area contributed by atoms with Gasteiger partial charge in [-0.2, -0.15) is 0 Å². The Morgan fingerprint density at radius 1 is 1.33 bits per heavy atom. The van der Waals surface area contributed by atoms with Crippen LogP contribution in [-0.2, 0) is 0 Å². The van der Waals surface area contributed by atoms with E-state index in [0.29, 0.717) is 0 Å². The van der Waals surface area contributed by atoms with E-state index in [9.17, 15) is 0 Å². The first-order valence-corrected chi connectivity index (χ1v) is 6.68. The first kappa shape index (κ1) is 10.7. The van der Waals surface area contributed by atoms with Crippen molar-refractivity contribution in [3.05, 3.63) is 5.38 Å². The molecule has 1 aliphatic heterocycles. The van der Waals surface area contributed by atoms with Crippen molar-refractivity contribution in [3.63, 3.8) is 0 Å². The molecule has 3 nitrogen and oxygen atoms in total. The summed E-state index contributed by atoms with van der Waals surface area (Å²) in [4.78, 5) is 9.41. The standard InChI is InChI=1S/C11H19N3S/c1-3-13(4-2)10-9-15-11(12-10)14-7-5-6-8-14/h9H,3-8H2,1-2H3. The van der Waals surface area contributed by atoms with Crippen LogP contribution in [0.15, 0.2) is 5.38 Å². The molecule has 0 amide bonds. The summed E-state index contributed by atoms with van der Waals surface area (Å²) in [6.45, 7) is 8.81. The van der Waals surface area contributed by atoms with Crippen LogP contribution in [-0.4, -0.2) is 31.2 Å². The van der Waals surface area contributed by atoms with E-state index in [1.54, 1.807) is 11.3 Å². The normalized spacial score (nSPS) is 16.0. The van der Waals surface area contributed by atoms with Gasteiger partial charge in [0.2, 0.25) is 0 Å². The van der Waals surface area contributed by atoms with Crippen LogP contribution in [0.1, 0.15) is 26.7 Å². The molecule has 1 fully saturated rings. The van der Waals surface area contributed by atoms with E-state index >= 15 is 0 Å². The molecule has 2 rings (SSSR count). The number of nitrogens with zero attached hydrogens (tertiary/aromatic N) is 3. The summed E-state index contributed by atoms with van der Waals surface area (Å²) >= 11 is 1.78. The van der Waals surface area contributed by atoms with Crippen LogP contribution >= 0.6 is 11.3 Å². The third-order valence-electron chi connectivity index (χ3n) is 2.94. The molecule has 1 aromatic rings. The first-order chi connectivity index (χ1) is 7.35. The van der Waals surface area contributed by atoms with Crippen LogP contribution in [0.2, 0.25) is 0 Å². The van der Waals surface area contributed by atoms with Crippen molar-refractivity contribution in [1.82, 2.24) is 4.98 Å². The molecule has 0 saturated carbocycles. The fraction of sp³-hybridized carbons (Fsp3) is 0.727. The molecule has 0 spiro atoms. The molecular weight excluding hydrogens is 206 g/mol. The van der Waals surface area contributed by atoms with E-state index in [2.05, 4.69) is 29.0 Å². The van der Waals surface area contributed by atoms with E-state index in [4.69, 9.17) is 4.98 Å². The second-order valence-electron chi connectivity index (χ2n) is 3.85. The summed E-state index contributed by atoms with van der Waals surface area (Å²) in [6.07, 6.45) is 2.64. The largest absolute Gasteiger partial charge is 0.356 e. The molecule has 0 atom stereocenters. The van der Waals surface area contributed by atoms with Crippen molar-refractivity contribution in [3.8, 4) is 0 Å². The highest BCUT2D eigenvalue weighted by atomic mass is 32.1. The molecule has 0 bridgehead atoms. The Morgan fingerprint density at radius 2 is 2.00 bits per heavy atom. The summed E-state index contributed by atoms with van der Waals surface area (Å²) in [5, 5.41) is 3.38. The minimum absolute atomic E-state index is 1.04. The third-order valence-corrected chi connectivity index (χ3v) is 3.83. The predicted molar refractivity (Wildman–Crippen MR) is 67.1 cm³/mol. The number of anilines is 2. The lowest BCUT2D eigenvalue weighted by Crippen LogP contribution is -2.23. The van der Waals surface area contributed by atoms with Gasteiger partial charge in [0, 0.05) is 31.6 Å². The van der Waals surface area contributed by atoms with Crippen LogP contribution in [0.5, 0.6) is 0 Å². The van der Waals surface area contributed by atoms with Crippen LogP contribution < -0.4 is 9.80 Å². The fourth-order valence-corrected chi connectivity index (χ4v) is 2.89. The molecule has 0 unspecified atom stereocenters. The highest BCUT2D eigenvalue weighted by molar-refractivity contribution is 7.14. The molecule has 2 heterocycles. The summed E-state index contributed by atoms with van der Waals surface area (Å²) in [5.41, 5.74) is 0. The topological polar surface area (TPSA) is 19.4 Å². The Kier molecular flexibility index (Phi) is 3.46. The average molecular weight is 225 g/mol. The molecule has 0 aliphatic carbocycles. The Hall–Kier alpha value is -0.770. The van der Waals surface area contributed by atoms with Gasteiger partial charge in [0.15, 0.2) is 5.13 Å². The smallest absolute Gasteiger partial charge is 0.187 e. The maximum absolute atomic E-state index is 4.70. The lowest BCUT2D eigenvalue weighted by atomic mass is 10.4. The van der Waals surface area contributed by atoms with E-state index < -0.39 is 0 Å². The average Bonchev–Trinajstić information content (AvgIpc) is 2.89. The second-order valence-corrected chi connectivity index (χ2v) is 4.69. The molecule has 1 saturated heterocycles. The molecule has 0 radical (unpaired) electrons. The van der Waals surface area contributed by atoms with Crippen LogP contribution in [0.25, 0.3) is 0 Å². The first-order valence-electron chi connectivity index (χ1n) is 5.80. The highest BCUT2D eigenvalue weighted by Crippen LogP contribution is 2.28. The summed E-state index contributed by atoms with van der Waals surface area (Å²) in [5.74, 6) is 1.15. The van der Waals surface area contributed by atoms with E-state index in [1.165, 1.54) is 31.1 Å². The van der Waals surface area contributed by atoms with Gasteiger partial charge in [-0.25, -0.2) is 4.98 Å². The van der Waals surface area contributed by atoms with Gasteiger partial charge in [0.1, 0.15) is 5.82 Å². The molecule has 0 N–H and O–H groups in total. The van der Waals surface area contributed by atoms with Gasteiger partial charge in [-0.05, 0) is 26.7 Å². The van der Waals surface area contributed by atoms with Gasteiger partial charge in [0.25, 0.3) is 0 Å². The Bertz CT molecular complexity index is 284. The molecule has 15 heavy (non-hydrogen) atoms. The van der Waals surface area contributed by atoms with Gasteiger partial charge in [-0.3, -0.25) is 0 Å². The van der Waals surface area contributed by atoms with E-state index in [-0.39, 0.29) is 0 Å². The molecule has 4 heteroatoms. The van der Waals surface area contributed by atoms with Crippen LogP contribution in [0.4, 0.5) is 10.9 Å². The molecule has 1 aromatic heterocycles. The Morgan fingerprint density at radius 3 is 2.60 bits per heavy atom. The number of rotatable bonds is 4. The Labute approximate surface area is 95.7 Å². The van der Waals surface area contributed by atoms with Gasteiger partial charge in [-0.15, -0.1) is 11.3 Å². The fourth-order valence-electron chi connectivity index (χ4n) is 2.00. The predicted octanol–water partition coefficient (Wildman–Crippen LogP) is 2.59. The number of hydrogen-bond donors (Lipinski definition) is 0. The number of thiazole rings is 1. The third kappa shape index (κ3) is 2.25. The number of hydrogen-bond acceptors (Lipinski definition) is 4. The van der Waals surface area contributed by atoms with Crippen molar-refractivity contribution in [2.24, 2.45) is 0 Å². The van der Waals surface area contributed by atoms with Gasteiger partial charge in [0.05, 0.1) is 0 Å². The van der Waals surface area contributed by atoms with Gasteiger partial charge >= 0.3 is 0 Å². The zero-order chi connectivity index (χ0) is 10.7. The quantitative estimate of drug-likeness (QED) is 0.785. The van der Waals surface area contributed by atoms with Crippen LogP contribution in [0.3, 0.4) is 0 Å². The monoisotopic (exact) mass is 225 g/mol. The van der Waals surface area contributed by atoms with Crippen molar-refractivity contribution in [2.45, 2.75) is 26.7 Å². The van der Waals surface area contributed by atoms with E-state index in [1.807, 2.05) is 0 Å². The lowest BCUT2D eigenvalue weighted by Gasteiger charge is -2.18. The summed E-state index contributed by atoms with van der Waals surface area (Å²) in [6, 6.07) is 0. The Balaban J connectivity index is 2.08. The molecule has 1 aliphatic rings. The summed E-state index contributed by atoms with van der Waals surface area (Å²) < 4.78 is 0. The minimum atomic E-state index is 1.04. The molecular formula is C11H19N3S. The minimum Gasteiger partial charge on any atom is -0.356 e. The molecule has 84 valence electrons. The summed E-state index contributed by atoms with van der Waals surface area (Å²) in [7, 11) is 0. The second kappa shape index (κ2) is 4.84. The van der Waals surface area contributed by atoms with Gasteiger partial charge < -0.3 is 9.80 Å². The van der Waals surface area contributed by atoms with Crippen molar-refractivity contribution in [2.75, 3.05) is 36.0 Å². The van der Waals surface area contributed by atoms with Crippen molar-refractivity contribution in [1.29, 1.82) is 0 Å². The zero-order valence-corrected chi connectivity index (χ0v) is 10.4. The highest BCUT2D eigenvalue weighted by Gasteiger charge is 2.16. The SMILES string of the molecule is CCN(CC)c1csc(N2CCCC2)n1. The zero-order valence-electron chi connectivity index (χ0n) is 9.57. The number of aromatic nitrogens is 1. The van der Waals surface area contributed by atoms with Gasteiger partial charge in [-0.1, -0.05) is 0 Å². The van der Waals surface area contributed by atoms with Crippen molar-refractivity contribution < 1.29 is 0 Å². The van der Waals surface area contributed by atoms with E-state index in [0.717, 1.165) is 18.9 Å². The maximum Gasteiger partial charge on any atom is 0.187 e. The molecule has 0 aromatic carbocycles. The maximum atomic E-state index is 4.70. The van der Waals surface area contributed by atoms with Crippen molar-refractivity contribution >= 4 is 22.3 Å². The lowest BCUT2D eigenvalue weighted by molar-refractivity contribution is 0.846.